The molecular weight excluding hydrogens is 220 g/mol. The molecule has 0 unspecified atom stereocenters. The molecule has 0 aromatic heterocycles. The molecule has 4 heteroatoms. The summed E-state index contributed by atoms with van der Waals surface area (Å²) in [5, 5.41) is 0.154. The van der Waals surface area contributed by atoms with E-state index in [1.165, 1.54) is 0 Å². The molecule has 0 atom stereocenters. The lowest BCUT2D eigenvalue weighted by molar-refractivity contribution is -0.0596. The fraction of sp³-hybridized carbons (Fsp3) is 1.00. The number of rotatable bonds is 6. The van der Waals surface area contributed by atoms with Crippen LogP contribution in [0.1, 0.15) is 41.0 Å². The maximum atomic E-state index is 6.18. The quantitative estimate of drug-likeness (QED) is 0.674. The van der Waals surface area contributed by atoms with Gasteiger partial charge in [-0.2, -0.15) is 0 Å². The molecule has 96 valence electrons. The average Bonchev–Trinajstić information content (AvgIpc) is 1.97. The topological polar surface area (TPSA) is 27.7 Å². The van der Waals surface area contributed by atoms with Gasteiger partial charge in [0.1, 0.15) is 0 Å². The number of hydrogen-bond donors (Lipinski definition) is 0. The van der Waals surface area contributed by atoms with Crippen molar-refractivity contribution in [1.29, 1.82) is 0 Å². The van der Waals surface area contributed by atoms with E-state index in [1.54, 1.807) is 0 Å². The van der Waals surface area contributed by atoms with Crippen molar-refractivity contribution in [3.05, 3.63) is 0 Å². The molecule has 1 heterocycles. The zero-order valence-corrected chi connectivity index (χ0v) is 12.5. The molecule has 0 saturated carbocycles. The molecule has 0 N–H and O–H groups in total. The molecule has 3 nitrogen and oxygen atoms in total. The van der Waals surface area contributed by atoms with Crippen LogP contribution in [-0.2, 0) is 13.6 Å². The summed E-state index contributed by atoms with van der Waals surface area (Å²) in [4.78, 5) is 0. The Balaban J connectivity index is 2.84. The third-order valence-corrected chi connectivity index (χ3v) is 7.73. The van der Waals surface area contributed by atoms with Gasteiger partial charge in [0.05, 0.1) is 18.3 Å². The Labute approximate surface area is 101 Å². The summed E-state index contributed by atoms with van der Waals surface area (Å²) in [6.45, 7) is 14.3. The van der Waals surface area contributed by atoms with Crippen molar-refractivity contribution >= 4 is 8.56 Å². The van der Waals surface area contributed by atoms with E-state index < -0.39 is 8.56 Å². The average molecular weight is 246 g/mol. The molecule has 0 aliphatic carbocycles. The summed E-state index contributed by atoms with van der Waals surface area (Å²) < 4.78 is 17.8. The minimum absolute atomic E-state index is 0.154. The maximum absolute atomic E-state index is 6.18. The fourth-order valence-electron chi connectivity index (χ4n) is 2.31. The lowest BCUT2D eigenvalue weighted by Gasteiger charge is -2.51. The van der Waals surface area contributed by atoms with Gasteiger partial charge in [0, 0.05) is 12.2 Å². The lowest BCUT2D eigenvalue weighted by atomic mass is 10.0. The summed E-state index contributed by atoms with van der Waals surface area (Å²) in [5.41, 5.74) is 0. The maximum Gasteiger partial charge on any atom is 0.346 e. The molecule has 0 spiro atoms. The van der Waals surface area contributed by atoms with Gasteiger partial charge >= 0.3 is 8.56 Å². The first-order valence-corrected chi connectivity index (χ1v) is 8.60. The second kappa shape index (κ2) is 5.17. The van der Waals surface area contributed by atoms with Gasteiger partial charge in [0.25, 0.3) is 0 Å². The highest BCUT2D eigenvalue weighted by Crippen LogP contribution is 2.49. The normalized spacial score (nSPS) is 20.2. The van der Waals surface area contributed by atoms with Gasteiger partial charge in [-0.3, -0.25) is 0 Å². The molecule has 0 amide bonds. The van der Waals surface area contributed by atoms with Crippen molar-refractivity contribution in [2.75, 3.05) is 13.2 Å². The zero-order valence-electron chi connectivity index (χ0n) is 11.5. The van der Waals surface area contributed by atoms with Gasteiger partial charge in [-0.05, 0) is 40.7 Å². The van der Waals surface area contributed by atoms with Crippen LogP contribution in [0.2, 0.25) is 11.6 Å². The van der Waals surface area contributed by atoms with E-state index in [-0.39, 0.29) is 17.2 Å². The molecule has 16 heavy (non-hydrogen) atoms. The Morgan fingerprint density at radius 3 is 1.75 bits per heavy atom. The third-order valence-electron chi connectivity index (χ3n) is 3.32. The fourth-order valence-corrected chi connectivity index (χ4v) is 6.04. The molecule has 1 saturated heterocycles. The van der Waals surface area contributed by atoms with E-state index in [9.17, 15) is 0 Å². The van der Waals surface area contributed by atoms with Crippen molar-refractivity contribution in [2.45, 2.75) is 64.8 Å². The first-order valence-electron chi connectivity index (χ1n) is 6.28. The van der Waals surface area contributed by atoms with Gasteiger partial charge in [-0.25, -0.2) is 0 Å². The third kappa shape index (κ3) is 2.67. The molecule has 1 rings (SSSR count). The van der Waals surface area contributed by atoms with Gasteiger partial charge in [0.15, 0.2) is 0 Å². The highest BCUT2D eigenvalue weighted by molar-refractivity contribution is 6.70. The second-order valence-corrected chi connectivity index (χ2v) is 8.83. The Kier molecular flexibility index (Phi) is 4.57. The number of ether oxygens (including phenoxy) is 1. The lowest BCUT2D eigenvalue weighted by Crippen LogP contribution is -2.61. The minimum Gasteiger partial charge on any atom is -0.391 e. The molecule has 0 aromatic carbocycles. The molecular formula is C12H26O3Si. The predicted molar refractivity (Wildman–Crippen MR) is 67.9 cm³/mol. The van der Waals surface area contributed by atoms with Crippen LogP contribution in [-0.4, -0.2) is 34.0 Å². The zero-order chi connectivity index (χ0) is 12.4. The highest BCUT2D eigenvalue weighted by Gasteiger charge is 2.58. The predicted octanol–water partition coefficient (Wildman–Crippen LogP) is 3.09. The van der Waals surface area contributed by atoms with Crippen LogP contribution in [0.3, 0.4) is 0 Å². The van der Waals surface area contributed by atoms with Crippen LogP contribution in [0, 0.1) is 0 Å². The molecule has 1 aliphatic heterocycles. The summed E-state index contributed by atoms with van der Waals surface area (Å²) in [5.74, 6) is 0. The summed E-state index contributed by atoms with van der Waals surface area (Å²) >= 11 is 0. The largest absolute Gasteiger partial charge is 0.391 e. The Bertz CT molecular complexity index is 209. The van der Waals surface area contributed by atoms with Crippen LogP contribution in [0.15, 0.2) is 0 Å². The standard InChI is InChI=1S/C12H26O3Si/c1-7-12(8-13-9-12)16(6,14-10(2)3)15-11(4)5/h10-11H,7-9H2,1-6H3. The molecule has 1 fully saturated rings. The van der Waals surface area contributed by atoms with Crippen LogP contribution in [0.25, 0.3) is 0 Å². The van der Waals surface area contributed by atoms with Crippen LogP contribution in [0.5, 0.6) is 0 Å². The Hall–Kier alpha value is 0.0969. The molecule has 0 radical (unpaired) electrons. The van der Waals surface area contributed by atoms with E-state index in [4.69, 9.17) is 13.6 Å². The number of hydrogen-bond acceptors (Lipinski definition) is 3. The van der Waals surface area contributed by atoms with Crippen LogP contribution in [0.4, 0.5) is 0 Å². The monoisotopic (exact) mass is 246 g/mol. The summed E-state index contributed by atoms with van der Waals surface area (Å²) in [6, 6.07) is 0. The van der Waals surface area contributed by atoms with Crippen LogP contribution >= 0.6 is 0 Å². The van der Waals surface area contributed by atoms with E-state index >= 15 is 0 Å². The second-order valence-electron chi connectivity index (χ2n) is 5.41. The van der Waals surface area contributed by atoms with Crippen molar-refractivity contribution in [3.63, 3.8) is 0 Å². The van der Waals surface area contributed by atoms with E-state index in [1.807, 2.05) is 0 Å². The van der Waals surface area contributed by atoms with Crippen molar-refractivity contribution in [3.8, 4) is 0 Å². The molecule has 0 bridgehead atoms. The van der Waals surface area contributed by atoms with Gasteiger partial charge in [-0.1, -0.05) is 6.92 Å². The highest BCUT2D eigenvalue weighted by atomic mass is 28.4. The first kappa shape index (κ1) is 14.2. The van der Waals surface area contributed by atoms with Gasteiger partial charge in [0.2, 0.25) is 0 Å². The molecule has 1 aliphatic rings. The summed E-state index contributed by atoms with van der Waals surface area (Å²) in [6.07, 6.45) is 1.52. The van der Waals surface area contributed by atoms with E-state index in [0.717, 1.165) is 19.6 Å². The van der Waals surface area contributed by atoms with Gasteiger partial charge in [-0.15, -0.1) is 0 Å². The molecule has 0 aromatic rings. The smallest absolute Gasteiger partial charge is 0.346 e. The SMILES string of the molecule is CCC1([Si](C)(OC(C)C)OC(C)C)COC1. The van der Waals surface area contributed by atoms with E-state index in [0.29, 0.717) is 0 Å². The Morgan fingerprint density at radius 2 is 1.56 bits per heavy atom. The van der Waals surface area contributed by atoms with Gasteiger partial charge < -0.3 is 13.6 Å². The summed E-state index contributed by atoms with van der Waals surface area (Å²) in [7, 11) is -2.17. The Morgan fingerprint density at radius 1 is 1.12 bits per heavy atom. The minimum atomic E-state index is -2.17. The van der Waals surface area contributed by atoms with Crippen LogP contribution < -0.4 is 0 Å². The van der Waals surface area contributed by atoms with Crippen molar-refractivity contribution in [1.82, 2.24) is 0 Å². The van der Waals surface area contributed by atoms with Crippen molar-refractivity contribution < 1.29 is 13.6 Å². The van der Waals surface area contributed by atoms with E-state index in [2.05, 4.69) is 41.2 Å². The first-order chi connectivity index (χ1) is 7.35. The van der Waals surface area contributed by atoms with Crippen molar-refractivity contribution in [2.24, 2.45) is 0 Å².